The highest BCUT2D eigenvalue weighted by molar-refractivity contribution is 7.89. The van der Waals surface area contributed by atoms with E-state index in [9.17, 15) is 13.2 Å². The molecule has 35 heavy (non-hydrogen) atoms. The molecule has 4 rings (SSSR count). The van der Waals surface area contributed by atoms with Crippen LogP contribution in [0, 0.1) is 20.8 Å². The molecule has 1 aliphatic rings. The summed E-state index contributed by atoms with van der Waals surface area (Å²) in [6.07, 6.45) is 0. The molecule has 0 radical (unpaired) electrons. The highest BCUT2D eigenvalue weighted by Gasteiger charge is 2.32. The van der Waals surface area contributed by atoms with Gasteiger partial charge in [0.25, 0.3) is 5.91 Å². The molecule has 2 heterocycles. The molecule has 1 amide bonds. The number of carbonyl (C=O) groups is 1. The zero-order chi connectivity index (χ0) is 25.2. The molecule has 2 aromatic carbocycles. The third kappa shape index (κ3) is 5.24. The second-order valence-electron chi connectivity index (χ2n) is 8.51. The maximum atomic E-state index is 13.2. The van der Waals surface area contributed by atoms with Crippen molar-refractivity contribution in [2.75, 3.05) is 38.7 Å². The number of nitrogens with zero attached hydrogens (tertiary/aromatic N) is 3. The first-order valence-corrected chi connectivity index (χ1v) is 12.8. The number of amides is 1. The molecular weight excluding hydrogens is 468 g/mol. The second-order valence-corrected chi connectivity index (χ2v) is 10.4. The third-order valence-electron chi connectivity index (χ3n) is 6.11. The minimum absolute atomic E-state index is 0.213. The molecule has 1 fully saturated rings. The van der Waals surface area contributed by atoms with E-state index in [1.807, 2.05) is 31.2 Å². The summed E-state index contributed by atoms with van der Waals surface area (Å²) in [5.74, 6) is 0.518. The number of morpholine rings is 1. The number of anilines is 1. The molecule has 10 heteroatoms. The van der Waals surface area contributed by atoms with Crippen LogP contribution in [0.25, 0.3) is 0 Å². The van der Waals surface area contributed by atoms with Gasteiger partial charge in [-0.25, -0.2) is 8.42 Å². The molecule has 0 spiro atoms. The number of benzene rings is 2. The fourth-order valence-corrected chi connectivity index (χ4v) is 5.94. The molecule has 0 saturated carbocycles. The zero-order valence-electron chi connectivity index (χ0n) is 20.4. The normalized spacial score (nSPS) is 14.6. The molecule has 0 unspecified atom stereocenters. The number of nitrogens with one attached hydrogen (secondary N) is 1. The van der Waals surface area contributed by atoms with Gasteiger partial charge in [-0.15, -0.1) is 0 Å². The Kier molecular flexibility index (Phi) is 7.25. The number of carbonyl (C=O) groups excluding carboxylic acids is 1. The van der Waals surface area contributed by atoms with E-state index in [0.717, 1.165) is 22.6 Å². The van der Waals surface area contributed by atoms with Crippen LogP contribution in [0.3, 0.4) is 0 Å². The lowest BCUT2D eigenvalue weighted by atomic mass is 10.1. The van der Waals surface area contributed by atoms with Crippen molar-refractivity contribution in [3.63, 3.8) is 0 Å². The maximum Gasteiger partial charge on any atom is 0.255 e. The number of hydrogen-bond acceptors (Lipinski definition) is 6. The largest absolute Gasteiger partial charge is 0.497 e. The number of methoxy groups -OCH3 is 1. The van der Waals surface area contributed by atoms with E-state index in [0.29, 0.717) is 49.8 Å². The Bertz CT molecular complexity index is 1330. The van der Waals surface area contributed by atoms with Crippen molar-refractivity contribution >= 4 is 21.6 Å². The van der Waals surface area contributed by atoms with Crippen LogP contribution in [0.15, 0.2) is 47.4 Å². The van der Waals surface area contributed by atoms with Crippen molar-refractivity contribution < 1.29 is 22.7 Å². The first kappa shape index (κ1) is 24.9. The van der Waals surface area contributed by atoms with E-state index in [2.05, 4.69) is 10.4 Å². The minimum atomic E-state index is -3.64. The first-order chi connectivity index (χ1) is 16.7. The van der Waals surface area contributed by atoms with Crippen molar-refractivity contribution in [2.45, 2.75) is 32.2 Å². The Labute approximate surface area is 205 Å². The van der Waals surface area contributed by atoms with Gasteiger partial charge < -0.3 is 14.8 Å². The van der Waals surface area contributed by atoms with Gasteiger partial charge in [-0.2, -0.15) is 9.40 Å². The van der Waals surface area contributed by atoms with Crippen molar-refractivity contribution in [3.8, 4) is 5.75 Å². The van der Waals surface area contributed by atoms with Crippen molar-refractivity contribution in [1.29, 1.82) is 0 Å². The zero-order valence-corrected chi connectivity index (χ0v) is 21.2. The summed E-state index contributed by atoms with van der Waals surface area (Å²) in [5, 5.41) is 7.42. The van der Waals surface area contributed by atoms with E-state index in [1.165, 1.54) is 4.31 Å². The molecular formula is C25H30N4O5S. The summed E-state index contributed by atoms with van der Waals surface area (Å²) < 4.78 is 40.0. The van der Waals surface area contributed by atoms with Crippen LogP contribution < -0.4 is 10.1 Å². The number of ether oxygens (including phenoxy) is 2. The summed E-state index contributed by atoms with van der Waals surface area (Å²) in [4.78, 5) is 13.0. The van der Waals surface area contributed by atoms with Crippen LogP contribution >= 0.6 is 0 Å². The van der Waals surface area contributed by atoms with Gasteiger partial charge in [0.1, 0.15) is 10.6 Å². The molecule has 3 aromatic rings. The highest BCUT2D eigenvalue weighted by atomic mass is 32.2. The summed E-state index contributed by atoms with van der Waals surface area (Å²) in [6, 6.07) is 12.7. The van der Waals surface area contributed by atoms with Crippen LogP contribution in [0.5, 0.6) is 5.75 Å². The van der Waals surface area contributed by atoms with Crippen molar-refractivity contribution in [1.82, 2.24) is 14.1 Å². The molecule has 1 N–H and O–H groups in total. The van der Waals surface area contributed by atoms with Gasteiger partial charge in [-0.05, 0) is 62.2 Å². The Morgan fingerprint density at radius 3 is 2.40 bits per heavy atom. The number of aromatic nitrogens is 2. The Hall–Kier alpha value is -3.21. The van der Waals surface area contributed by atoms with Crippen LogP contribution in [0.4, 0.5) is 5.69 Å². The maximum absolute atomic E-state index is 13.2. The van der Waals surface area contributed by atoms with Gasteiger partial charge in [0.2, 0.25) is 10.0 Å². The topological polar surface area (TPSA) is 103 Å². The van der Waals surface area contributed by atoms with E-state index in [4.69, 9.17) is 9.47 Å². The van der Waals surface area contributed by atoms with E-state index < -0.39 is 10.0 Å². The van der Waals surface area contributed by atoms with Gasteiger partial charge in [-0.3, -0.25) is 9.48 Å². The molecule has 0 bridgehead atoms. The lowest BCUT2D eigenvalue weighted by Gasteiger charge is -2.26. The fraction of sp³-hybridized carbons (Fsp3) is 0.360. The molecule has 1 aromatic heterocycles. The summed E-state index contributed by atoms with van der Waals surface area (Å²) in [6.45, 7) is 7.25. The van der Waals surface area contributed by atoms with Crippen LogP contribution in [-0.4, -0.2) is 61.8 Å². The third-order valence-corrected chi connectivity index (χ3v) is 8.26. The highest BCUT2D eigenvalue weighted by Crippen LogP contribution is 2.25. The molecule has 186 valence electrons. The lowest BCUT2D eigenvalue weighted by molar-refractivity contribution is 0.0730. The molecule has 9 nitrogen and oxygen atoms in total. The van der Waals surface area contributed by atoms with Crippen LogP contribution in [-0.2, 0) is 21.3 Å². The number of rotatable bonds is 7. The molecule has 1 aliphatic heterocycles. The van der Waals surface area contributed by atoms with Gasteiger partial charge in [-0.1, -0.05) is 12.1 Å². The summed E-state index contributed by atoms with van der Waals surface area (Å²) in [5.41, 5.74) is 4.11. The first-order valence-electron chi connectivity index (χ1n) is 11.4. The van der Waals surface area contributed by atoms with Gasteiger partial charge in [0, 0.05) is 24.3 Å². The quantitative estimate of drug-likeness (QED) is 0.537. The van der Waals surface area contributed by atoms with Gasteiger partial charge >= 0.3 is 0 Å². The monoisotopic (exact) mass is 498 g/mol. The standard InChI is InChI=1S/C25H30N4O5S/c1-17-15-22(33-4)9-10-23(17)26-25(30)21-7-5-20(6-8-21)16-29-19(3)24(18(2)27-29)35(31,32)28-11-13-34-14-12-28/h5-10,15H,11-14,16H2,1-4H3,(H,26,30). The number of sulfonamides is 1. The predicted molar refractivity (Wildman–Crippen MR) is 133 cm³/mol. The Morgan fingerprint density at radius 1 is 1.09 bits per heavy atom. The van der Waals surface area contributed by atoms with Crippen molar-refractivity contribution in [3.05, 3.63) is 70.5 Å². The Balaban J connectivity index is 1.48. The minimum Gasteiger partial charge on any atom is -0.497 e. The lowest BCUT2D eigenvalue weighted by Crippen LogP contribution is -2.41. The van der Waals surface area contributed by atoms with E-state index >= 15 is 0 Å². The van der Waals surface area contributed by atoms with Crippen LogP contribution in [0.1, 0.15) is 32.9 Å². The van der Waals surface area contributed by atoms with Gasteiger partial charge in [0.15, 0.2) is 0 Å². The predicted octanol–water partition coefficient (Wildman–Crippen LogP) is 3.14. The average molecular weight is 499 g/mol. The summed E-state index contributed by atoms with van der Waals surface area (Å²) >= 11 is 0. The Morgan fingerprint density at radius 2 is 1.77 bits per heavy atom. The van der Waals surface area contributed by atoms with E-state index in [1.54, 1.807) is 43.8 Å². The second kappa shape index (κ2) is 10.2. The number of aryl methyl sites for hydroxylation is 2. The number of hydrogen-bond donors (Lipinski definition) is 1. The molecule has 0 atom stereocenters. The SMILES string of the molecule is COc1ccc(NC(=O)c2ccc(Cn3nc(C)c(S(=O)(=O)N4CCOCC4)c3C)cc2)c(C)c1. The van der Waals surface area contributed by atoms with Gasteiger partial charge in [0.05, 0.1) is 38.3 Å². The molecule has 1 saturated heterocycles. The van der Waals surface area contributed by atoms with Crippen LogP contribution in [0.2, 0.25) is 0 Å². The molecule has 0 aliphatic carbocycles. The van der Waals surface area contributed by atoms with Crippen molar-refractivity contribution in [2.24, 2.45) is 0 Å². The smallest absolute Gasteiger partial charge is 0.255 e. The van der Waals surface area contributed by atoms with E-state index in [-0.39, 0.29) is 10.8 Å². The average Bonchev–Trinajstić information content (AvgIpc) is 3.14. The summed E-state index contributed by atoms with van der Waals surface area (Å²) in [7, 11) is -2.04. The fourth-order valence-electron chi connectivity index (χ4n) is 4.16.